The molecule has 0 saturated carbocycles. The van der Waals surface area contributed by atoms with Crippen LogP contribution in [0.5, 0.6) is 0 Å². The Hall–Kier alpha value is -2.76. The minimum Gasteiger partial charge on any atom is -0.389 e. The van der Waals surface area contributed by atoms with Gasteiger partial charge in [0.1, 0.15) is 11.9 Å². The number of hydrogen-bond donors (Lipinski definition) is 1. The molecule has 1 saturated heterocycles. The third-order valence-electron chi connectivity index (χ3n) is 5.15. The van der Waals surface area contributed by atoms with Gasteiger partial charge >= 0.3 is 11.9 Å². The van der Waals surface area contributed by atoms with Gasteiger partial charge in [0.2, 0.25) is 5.91 Å². The number of likely N-dealkylation sites (tertiary alicyclic amines) is 1. The molecule has 2 aliphatic heterocycles. The number of amides is 1. The molecule has 29 heavy (non-hydrogen) atoms. The Morgan fingerprint density at radius 1 is 1.31 bits per heavy atom. The van der Waals surface area contributed by atoms with Crippen molar-refractivity contribution < 1.29 is 27.5 Å². The van der Waals surface area contributed by atoms with Crippen LogP contribution in [-0.4, -0.2) is 54.4 Å². The SMILES string of the molecule is O=C([C@@H]1CCCc2nn(Cc3ccnc(C(F)(F)F)c3F)c(=O)n21)N1CC(O)C1. The van der Waals surface area contributed by atoms with Crippen molar-refractivity contribution in [3.05, 3.63) is 45.6 Å². The zero-order valence-corrected chi connectivity index (χ0v) is 15.1. The molecule has 156 valence electrons. The molecule has 4 heterocycles. The minimum absolute atomic E-state index is 0.190. The molecule has 0 radical (unpaired) electrons. The molecule has 2 aliphatic rings. The van der Waals surface area contributed by atoms with Gasteiger partial charge in [-0.3, -0.25) is 9.36 Å². The summed E-state index contributed by atoms with van der Waals surface area (Å²) >= 11 is 0. The first-order valence-electron chi connectivity index (χ1n) is 9.02. The lowest BCUT2D eigenvalue weighted by molar-refractivity contribution is -0.145. The fraction of sp³-hybridized carbons (Fsp3) is 0.529. The van der Waals surface area contributed by atoms with E-state index in [1.54, 1.807) is 0 Å². The van der Waals surface area contributed by atoms with E-state index in [1.807, 2.05) is 0 Å². The number of aliphatic hydroxyl groups is 1. The number of aliphatic hydroxyl groups excluding tert-OH is 1. The zero-order valence-electron chi connectivity index (χ0n) is 15.1. The Labute approximate surface area is 161 Å². The Morgan fingerprint density at radius 2 is 2.03 bits per heavy atom. The van der Waals surface area contributed by atoms with Gasteiger partial charge in [0, 0.05) is 31.3 Å². The first-order chi connectivity index (χ1) is 13.7. The van der Waals surface area contributed by atoms with Gasteiger partial charge in [0.25, 0.3) is 0 Å². The van der Waals surface area contributed by atoms with E-state index in [4.69, 9.17) is 0 Å². The number of carbonyl (C=O) groups excluding carboxylic acids is 1. The average Bonchev–Trinajstić information content (AvgIpc) is 2.95. The van der Waals surface area contributed by atoms with Crippen LogP contribution in [-0.2, 0) is 23.9 Å². The molecule has 1 amide bonds. The van der Waals surface area contributed by atoms with Gasteiger partial charge in [0.05, 0.1) is 12.6 Å². The highest BCUT2D eigenvalue weighted by Crippen LogP contribution is 2.31. The van der Waals surface area contributed by atoms with E-state index in [0.717, 1.165) is 16.9 Å². The molecule has 4 rings (SSSR count). The third-order valence-corrected chi connectivity index (χ3v) is 5.15. The van der Waals surface area contributed by atoms with E-state index < -0.39 is 42.1 Å². The maximum Gasteiger partial charge on any atom is 0.436 e. The zero-order chi connectivity index (χ0) is 20.9. The monoisotopic (exact) mass is 415 g/mol. The topological polar surface area (TPSA) is 93.2 Å². The number of pyridine rings is 1. The number of fused-ring (bicyclic) bond motifs is 1. The Bertz CT molecular complexity index is 1010. The average molecular weight is 415 g/mol. The summed E-state index contributed by atoms with van der Waals surface area (Å²) in [5.74, 6) is -1.54. The highest BCUT2D eigenvalue weighted by atomic mass is 19.4. The summed E-state index contributed by atoms with van der Waals surface area (Å²) in [4.78, 5) is 29.9. The van der Waals surface area contributed by atoms with Crippen molar-refractivity contribution in [1.82, 2.24) is 24.2 Å². The molecule has 2 aromatic heterocycles. The molecular weight excluding hydrogens is 398 g/mol. The number of rotatable bonds is 3. The molecule has 1 fully saturated rings. The van der Waals surface area contributed by atoms with E-state index in [9.17, 15) is 32.3 Å². The molecule has 0 unspecified atom stereocenters. The molecule has 2 aromatic rings. The predicted octanol–water partition coefficient (Wildman–Crippen LogP) is 0.726. The highest BCUT2D eigenvalue weighted by molar-refractivity contribution is 5.81. The first-order valence-corrected chi connectivity index (χ1v) is 9.02. The highest BCUT2D eigenvalue weighted by Gasteiger charge is 2.39. The number of aryl methyl sites for hydroxylation is 1. The van der Waals surface area contributed by atoms with Crippen molar-refractivity contribution in [3.63, 3.8) is 0 Å². The number of nitrogens with zero attached hydrogens (tertiary/aromatic N) is 5. The lowest BCUT2D eigenvalue weighted by Gasteiger charge is -2.39. The van der Waals surface area contributed by atoms with Crippen molar-refractivity contribution in [2.45, 2.75) is 44.1 Å². The maximum absolute atomic E-state index is 14.3. The minimum atomic E-state index is -4.96. The molecule has 12 heteroatoms. The summed E-state index contributed by atoms with van der Waals surface area (Å²) in [7, 11) is 0. The van der Waals surface area contributed by atoms with Crippen LogP contribution < -0.4 is 5.69 Å². The van der Waals surface area contributed by atoms with Crippen LogP contribution in [0.4, 0.5) is 17.6 Å². The van der Waals surface area contributed by atoms with Gasteiger partial charge < -0.3 is 10.0 Å². The lowest BCUT2D eigenvalue weighted by atomic mass is 10.0. The van der Waals surface area contributed by atoms with Crippen LogP contribution in [0.1, 0.15) is 36.0 Å². The molecule has 0 aromatic carbocycles. The fourth-order valence-corrected chi connectivity index (χ4v) is 3.68. The van der Waals surface area contributed by atoms with Crippen LogP contribution in [0.2, 0.25) is 0 Å². The number of aromatic nitrogens is 4. The van der Waals surface area contributed by atoms with Crippen LogP contribution in [0.25, 0.3) is 0 Å². The van der Waals surface area contributed by atoms with Crippen LogP contribution >= 0.6 is 0 Å². The number of halogens is 4. The summed E-state index contributed by atoms with van der Waals surface area (Å²) in [6, 6.07) is 0.264. The van der Waals surface area contributed by atoms with E-state index in [1.165, 1.54) is 9.47 Å². The molecule has 1 atom stereocenters. The second-order valence-electron chi connectivity index (χ2n) is 7.16. The fourth-order valence-electron chi connectivity index (χ4n) is 3.68. The molecule has 0 bridgehead atoms. The van der Waals surface area contributed by atoms with Gasteiger partial charge in [-0.05, 0) is 18.9 Å². The van der Waals surface area contributed by atoms with Crippen LogP contribution in [0.3, 0.4) is 0 Å². The smallest absolute Gasteiger partial charge is 0.389 e. The quantitative estimate of drug-likeness (QED) is 0.746. The molecule has 8 nitrogen and oxygen atoms in total. The second-order valence-corrected chi connectivity index (χ2v) is 7.16. The summed E-state index contributed by atoms with van der Waals surface area (Å²) in [6.45, 7) is -0.133. The van der Waals surface area contributed by atoms with E-state index in [-0.39, 0.29) is 24.6 Å². The van der Waals surface area contributed by atoms with Crippen LogP contribution in [0, 0.1) is 5.82 Å². The van der Waals surface area contributed by atoms with Gasteiger partial charge in [-0.1, -0.05) is 0 Å². The van der Waals surface area contributed by atoms with Gasteiger partial charge in [-0.15, -0.1) is 0 Å². The Balaban J connectivity index is 1.65. The largest absolute Gasteiger partial charge is 0.436 e. The normalized spacial score (nSPS) is 19.8. The summed E-state index contributed by atoms with van der Waals surface area (Å²) in [6.07, 6.45) is -3.29. The lowest BCUT2D eigenvalue weighted by Crippen LogP contribution is -2.56. The maximum atomic E-state index is 14.3. The summed E-state index contributed by atoms with van der Waals surface area (Å²) in [5, 5.41) is 13.5. The summed E-state index contributed by atoms with van der Waals surface area (Å²) in [5.41, 5.74) is -2.72. The van der Waals surface area contributed by atoms with Crippen molar-refractivity contribution in [2.24, 2.45) is 0 Å². The first kappa shape index (κ1) is 19.6. The van der Waals surface area contributed by atoms with E-state index >= 15 is 0 Å². The second kappa shape index (κ2) is 6.94. The van der Waals surface area contributed by atoms with E-state index in [0.29, 0.717) is 25.1 Å². The number of hydrogen-bond acceptors (Lipinski definition) is 5. The Kier molecular flexibility index (Phi) is 4.68. The van der Waals surface area contributed by atoms with Gasteiger partial charge in [-0.2, -0.15) is 18.3 Å². The van der Waals surface area contributed by atoms with Crippen molar-refractivity contribution in [1.29, 1.82) is 0 Å². The van der Waals surface area contributed by atoms with Crippen molar-refractivity contribution in [3.8, 4) is 0 Å². The molecular formula is C17H17F4N5O3. The van der Waals surface area contributed by atoms with E-state index in [2.05, 4.69) is 10.1 Å². The van der Waals surface area contributed by atoms with Gasteiger partial charge in [-0.25, -0.2) is 18.9 Å². The van der Waals surface area contributed by atoms with Crippen molar-refractivity contribution >= 4 is 5.91 Å². The Morgan fingerprint density at radius 3 is 2.69 bits per heavy atom. The molecule has 0 aliphatic carbocycles. The molecule has 0 spiro atoms. The molecule has 1 N–H and O–H groups in total. The number of alkyl halides is 3. The predicted molar refractivity (Wildman–Crippen MR) is 89.3 cm³/mol. The summed E-state index contributed by atoms with van der Waals surface area (Å²) < 4.78 is 54.9. The van der Waals surface area contributed by atoms with Crippen molar-refractivity contribution in [2.75, 3.05) is 13.1 Å². The van der Waals surface area contributed by atoms with Gasteiger partial charge in [0.15, 0.2) is 11.5 Å². The standard InChI is InChI=1S/C17H17F4N5O3/c18-13-9(4-5-22-14(13)17(19,20)21)6-25-16(29)26-11(2-1-3-12(26)23-25)15(28)24-7-10(27)8-24/h4-5,10-11,27H,1-3,6-8H2/t11-/m0/s1. The van der Waals surface area contributed by atoms with Crippen LogP contribution in [0.15, 0.2) is 17.1 Å². The number of carbonyl (C=O) groups is 1. The third kappa shape index (κ3) is 3.41. The number of β-amino-alcohol motifs (C(OH)–C–C–N with tert-alkyl or cyclic N) is 1.